The van der Waals surface area contributed by atoms with Gasteiger partial charge in [0.2, 0.25) is 5.91 Å². The second-order valence-electron chi connectivity index (χ2n) is 8.54. The Labute approximate surface area is 185 Å². The molecule has 2 saturated heterocycles. The Morgan fingerprint density at radius 2 is 1.86 bits per heavy atom. The number of amides is 1. The summed E-state index contributed by atoms with van der Waals surface area (Å²) in [6.45, 7) is 4.04. The zero-order chi connectivity index (χ0) is 20.8. The van der Waals surface area contributed by atoms with Crippen molar-refractivity contribution in [3.8, 4) is 0 Å². The van der Waals surface area contributed by atoms with E-state index in [-0.39, 0.29) is 28.7 Å². The third kappa shape index (κ3) is 4.59. The maximum Gasteiger partial charge on any atom is 0.248 e. The normalized spacial score (nSPS) is 27.7. The van der Waals surface area contributed by atoms with Crippen molar-refractivity contribution in [2.75, 3.05) is 16.4 Å². The molecule has 3 fully saturated rings. The standard InChI is InChI=1S/C21H27BrN2O3S2/c1-13-9-16(22)10-14(2)20(13)24-17-11-29(26,27)12-18(17)28-21(24)23-19(25)8-7-15-5-3-4-6-15/h9-10,15,17-18H,3-8,11-12H2,1-2H3/t17-,18+/m0/s1. The molecule has 5 nitrogen and oxygen atoms in total. The molecule has 1 saturated carbocycles. The van der Waals surface area contributed by atoms with Gasteiger partial charge in [-0.3, -0.25) is 4.79 Å². The van der Waals surface area contributed by atoms with E-state index in [1.807, 2.05) is 30.9 Å². The summed E-state index contributed by atoms with van der Waals surface area (Å²) in [7, 11) is -3.07. The van der Waals surface area contributed by atoms with Crippen LogP contribution in [-0.2, 0) is 14.6 Å². The zero-order valence-electron chi connectivity index (χ0n) is 16.9. The summed E-state index contributed by atoms with van der Waals surface area (Å²) in [6.07, 6.45) is 6.40. The van der Waals surface area contributed by atoms with Crippen molar-refractivity contribution < 1.29 is 13.2 Å². The van der Waals surface area contributed by atoms with Crippen molar-refractivity contribution in [1.29, 1.82) is 0 Å². The number of carbonyl (C=O) groups is 1. The van der Waals surface area contributed by atoms with Gasteiger partial charge in [-0.25, -0.2) is 8.42 Å². The van der Waals surface area contributed by atoms with Crippen LogP contribution in [0.1, 0.15) is 49.7 Å². The second kappa shape index (κ2) is 8.35. The molecule has 4 rings (SSSR count). The fraction of sp³-hybridized carbons (Fsp3) is 0.619. The van der Waals surface area contributed by atoms with Crippen LogP contribution in [0, 0.1) is 19.8 Å². The molecule has 1 amide bonds. The average molecular weight is 499 g/mol. The number of halogens is 1. The maximum absolute atomic E-state index is 12.7. The summed E-state index contributed by atoms with van der Waals surface area (Å²) in [5.74, 6) is 0.851. The van der Waals surface area contributed by atoms with Crippen LogP contribution in [0.2, 0.25) is 0 Å². The highest BCUT2D eigenvalue weighted by Gasteiger charge is 2.50. The molecule has 3 aliphatic rings. The third-order valence-electron chi connectivity index (χ3n) is 6.22. The lowest BCUT2D eigenvalue weighted by Gasteiger charge is -2.28. The van der Waals surface area contributed by atoms with E-state index in [9.17, 15) is 13.2 Å². The minimum Gasteiger partial charge on any atom is -0.315 e. The highest BCUT2D eigenvalue weighted by Crippen LogP contribution is 2.43. The van der Waals surface area contributed by atoms with Crippen LogP contribution < -0.4 is 4.90 Å². The number of aliphatic imine (C=N–C) groups is 1. The molecule has 0 radical (unpaired) electrons. The highest BCUT2D eigenvalue weighted by molar-refractivity contribution is 9.10. The summed E-state index contributed by atoms with van der Waals surface area (Å²) in [5.41, 5.74) is 3.08. The van der Waals surface area contributed by atoms with Gasteiger partial charge < -0.3 is 4.90 Å². The van der Waals surface area contributed by atoms with E-state index in [0.717, 1.165) is 27.7 Å². The number of hydrogen-bond acceptors (Lipinski definition) is 4. The molecule has 0 spiro atoms. The van der Waals surface area contributed by atoms with Crippen LogP contribution in [-0.4, -0.2) is 42.3 Å². The van der Waals surface area contributed by atoms with E-state index < -0.39 is 9.84 Å². The van der Waals surface area contributed by atoms with E-state index in [4.69, 9.17) is 0 Å². The van der Waals surface area contributed by atoms with E-state index in [1.165, 1.54) is 37.4 Å². The van der Waals surface area contributed by atoms with Gasteiger partial charge in [-0.2, -0.15) is 4.99 Å². The van der Waals surface area contributed by atoms with Gasteiger partial charge in [-0.15, -0.1) is 0 Å². The van der Waals surface area contributed by atoms with Gasteiger partial charge >= 0.3 is 0 Å². The van der Waals surface area contributed by atoms with Gasteiger partial charge in [-0.1, -0.05) is 53.4 Å². The molecule has 0 unspecified atom stereocenters. The first kappa shape index (κ1) is 21.4. The summed E-state index contributed by atoms with van der Waals surface area (Å²) in [6, 6.07) is 3.90. The highest BCUT2D eigenvalue weighted by atomic mass is 79.9. The van der Waals surface area contributed by atoms with Gasteiger partial charge in [-0.05, 0) is 49.4 Å². The SMILES string of the molecule is Cc1cc(Br)cc(C)c1N1C(=NC(=O)CCC2CCCC2)S[C@@H]2CS(=O)(=O)C[C@@H]21. The van der Waals surface area contributed by atoms with Crippen molar-refractivity contribution >= 4 is 54.3 Å². The predicted molar refractivity (Wildman–Crippen MR) is 124 cm³/mol. The summed E-state index contributed by atoms with van der Waals surface area (Å²) in [5, 5.41) is 0.601. The number of nitrogens with zero attached hydrogens (tertiary/aromatic N) is 2. The molecule has 0 aromatic heterocycles. The molecule has 1 aliphatic carbocycles. The molecule has 0 N–H and O–H groups in total. The summed E-state index contributed by atoms with van der Waals surface area (Å²) >= 11 is 4.99. The van der Waals surface area contributed by atoms with Gasteiger partial charge in [0.15, 0.2) is 15.0 Å². The molecular weight excluding hydrogens is 472 g/mol. The first-order chi connectivity index (χ1) is 13.7. The van der Waals surface area contributed by atoms with Gasteiger partial charge in [0.05, 0.1) is 17.5 Å². The lowest BCUT2D eigenvalue weighted by Crippen LogP contribution is -2.38. The van der Waals surface area contributed by atoms with E-state index in [1.54, 1.807) is 0 Å². The molecule has 8 heteroatoms. The molecule has 2 aliphatic heterocycles. The Morgan fingerprint density at radius 3 is 2.52 bits per heavy atom. The number of carbonyl (C=O) groups excluding carboxylic acids is 1. The van der Waals surface area contributed by atoms with Gasteiger partial charge in [0, 0.05) is 21.8 Å². The minimum absolute atomic E-state index is 0.0659. The lowest BCUT2D eigenvalue weighted by molar-refractivity contribution is -0.118. The maximum atomic E-state index is 12.7. The Morgan fingerprint density at radius 1 is 1.21 bits per heavy atom. The van der Waals surface area contributed by atoms with Crippen LogP contribution in [0.4, 0.5) is 5.69 Å². The number of aryl methyl sites for hydroxylation is 2. The van der Waals surface area contributed by atoms with Crippen LogP contribution in [0.5, 0.6) is 0 Å². The van der Waals surface area contributed by atoms with Crippen molar-refractivity contribution in [3.05, 3.63) is 27.7 Å². The number of amidine groups is 1. The predicted octanol–water partition coefficient (Wildman–Crippen LogP) is 4.64. The van der Waals surface area contributed by atoms with Gasteiger partial charge in [0.1, 0.15) is 0 Å². The molecule has 29 heavy (non-hydrogen) atoms. The van der Waals surface area contributed by atoms with Gasteiger partial charge in [0.25, 0.3) is 0 Å². The summed E-state index contributed by atoms with van der Waals surface area (Å²) in [4.78, 5) is 19.2. The second-order valence-corrected chi connectivity index (χ2v) is 12.8. The Hall–Kier alpha value is -0.860. The monoisotopic (exact) mass is 498 g/mol. The molecule has 2 heterocycles. The van der Waals surface area contributed by atoms with Crippen LogP contribution in [0.25, 0.3) is 0 Å². The number of sulfone groups is 1. The Balaban J connectivity index is 1.63. The van der Waals surface area contributed by atoms with Crippen LogP contribution >= 0.6 is 27.7 Å². The number of benzene rings is 1. The number of thioether (sulfide) groups is 1. The topological polar surface area (TPSA) is 66.8 Å². The van der Waals surface area contributed by atoms with Crippen molar-refractivity contribution in [2.45, 2.75) is 63.7 Å². The number of hydrogen-bond donors (Lipinski definition) is 0. The van der Waals surface area contributed by atoms with E-state index >= 15 is 0 Å². The minimum atomic E-state index is -3.07. The smallest absolute Gasteiger partial charge is 0.248 e. The molecule has 1 aromatic carbocycles. The van der Waals surface area contributed by atoms with Crippen molar-refractivity contribution in [2.24, 2.45) is 10.9 Å². The lowest BCUT2D eigenvalue weighted by atomic mass is 10.0. The molecule has 158 valence electrons. The number of fused-ring (bicyclic) bond motifs is 1. The number of rotatable bonds is 4. The fourth-order valence-electron chi connectivity index (χ4n) is 4.90. The molecule has 1 aromatic rings. The number of anilines is 1. The summed E-state index contributed by atoms with van der Waals surface area (Å²) < 4.78 is 25.5. The first-order valence-corrected chi connectivity index (χ1v) is 13.8. The Kier molecular flexibility index (Phi) is 6.15. The largest absolute Gasteiger partial charge is 0.315 e. The fourth-order valence-corrected chi connectivity index (χ4v) is 9.50. The third-order valence-corrected chi connectivity index (χ3v) is 9.89. The van der Waals surface area contributed by atoms with E-state index in [0.29, 0.717) is 17.5 Å². The Bertz CT molecular complexity index is 932. The van der Waals surface area contributed by atoms with Crippen LogP contribution in [0.15, 0.2) is 21.6 Å². The van der Waals surface area contributed by atoms with Crippen molar-refractivity contribution in [1.82, 2.24) is 0 Å². The van der Waals surface area contributed by atoms with E-state index in [2.05, 4.69) is 20.9 Å². The quantitative estimate of drug-likeness (QED) is 0.604. The van der Waals surface area contributed by atoms with Crippen molar-refractivity contribution in [3.63, 3.8) is 0 Å². The van der Waals surface area contributed by atoms with Crippen LogP contribution in [0.3, 0.4) is 0 Å². The first-order valence-electron chi connectivity index (χ1n) is 10.3. The molecule has 2 atom stereocenters. The molecule has 0 bridgehead atoms. The average Bonchev–Trinajstić information content (AvgIpc) is 3.29. The zero-order valence-corrected chi connectivity index (χ0v) is 20.1. The molecular formula is C21H27BrN2O3S2.